The van der Waals surface area contributed by atoms with Gasteiger partial charge in [0.1, 0.15) is 0 Å². The van der Waals surface area contributed by atoms with Gasteiger partial charge in [-0.1, -0.05) is 11.6 Å². The van der Waals surface area contributed by atoms with E-state index in [1.165, 1.54) is 7.11 Å². The van der Waals surface area contributed by atoms with Gasteiger partial charge in [-0.2, -0.15) is 5.10 Å². The average molecular weight is 392 g/mol. The van der Waals surface area contributed by atoms with Gasteiger partial charge in [0, 0.05) is 5.02 Å². The summed E-state index contributed by atoms with van der Waals surface area (Å²) in [6, 6.07) is 10.6. The molecule has 0 fully saturated rings. The molecule has 0 aliphatic rings. The van der Waals surface area contributed by atoms with Crippen LogP contribution in [0.1, 0.15) is 5.56 Å². The summed E-state index contributed by atoms with van der Waals surface area (Å²) in [6.07, 6.45) is 1.63. The largest absolute Gasteiger partial charge is 0.503 e. The lowest BCUT2D eigenvalue weighted by Crippen LogP contribution is -1.92. The summed E-state index contributed by atoms with van der Waals surface area (Å²) < 4.78 is 5.61. The number of anilines is 1. The number of hydrazone groups is 1. The highest BCUT2D eigenvalue weighted by Crippen LogP contribution is 2.34. The SMILES string of the molecule is COc1cc(/C=N/Nc2ccc(Cl)cc2)cc(Br)c1O.Cl. The third-order valence-corrected chi connectivity index (χ3v) is 3.38. The Labute approximate surface area is 142 Å². The molecule has 2 rings (SSSR count). The maximum atomic E-state index is 9.71. The van der Waals surface area contributed by atoms with Crippen LogP contribution >= 0.6 is 39.9 Å². The molecule has 2 N–H and O–H groups in total. The van der Waals surface area contributed by atoms with E-state index >= 15 is 0 Å². The summed E-state index contributed by atoms with van der Waals surface area (Å²) in [6.45, 7) is 0. The predicted octanol–water partition coefficient (Wildman–Crippen LogP) is 4.68. The summed E-state index contributed by atoms with van der Waals surface area (Å²) in [7, 11) is 1.49. The lowest BCUT2D eigenvalue weighted by atomic mass is 10.2. The van der Waals surface area contributed by atoms with Crippen molar-refractivity contribution in [1.82, 2.24) is 0 Å². The zero-order valence-electron chi connectivity index (χ0n) is 11.0. The van der Waals surface area contributed by atoms with E-state index in [4.69, 9.17) is 16.3 Å². The van der Waals surface area contributed by atoms with Gasteiger partial charge in [-0.15, -0.1) is 12.4 Å². The Bertz CT molecular complexity index is 634. The van der Waals surface area contributed by atoms with Crippen LogP contribution in [-0.4, -0.2) is 18.4 Å². The van der Waals surface area contributed by atoms with Gasteiger partial charge in [0.2, 0.25) is 0 Å². The van der Waals surface area contributed by atoms with Crippen molar-refractivity contribution in [2.24, 2.45) is 5.10 Å². The lowest BCUT2D eigenvalue weighted by Gasteiger charge is -2.06. The normalized spacial score (nSPS) is 10.2. The van der Waals surface area contributed by atoms with E-state index in [2.05, 4.69) is 26.5 Å². The Morgan fingerprint density at radius 3 is 2.57 bits per heavy atom. The predicted molar refractivity (Wildman–Crippen MR) is 92.3 cm³/mol. The van der Waals surface area contributed by atoms with Crippen molar-refractivity contribution < 1.29 is 9.84 Å². The number of ether oxygens (including phenoxy) is 1. The van der Waals surface area contributed by atoms with E-state index in [0.717, 1.165) is 11.3 Å². The molecule has 0 aromatic heterocycles. The molecule has 112 valence electrons. The molecule has 0 unspecified atom stereocenters. The third kappa shape index (κ3) is 4.81. The maximum Gasteiger partial charge on any atom is 0.172 e. The van der Waals surface area contributed by atoms with Gasteiger partial charge in [-0.05, 0) is 57.9 Å². The first kappa shape index (κ1) is 17.6. The Morgan fingerprint density at radius 1 is 1.29 bits per heavy atom. The van der Waals surface area contributed by atoms with Crippen LogP contribution in [0.25, 0.3) is 0 Å². The van der Waals surface area contributed by atoms with E-state index in [1.54, 1.807) is 30.5 Å². The van der Waals surface area contributed by atoms with Crippen molar-refractivity contribution in [2.45, 2.75) is 0 Å². The van der Waals surface area contributed by atoms with Crippen molar-refractivity contribution in [1.29, 1.82) is 0 Å². The van der Waals surface area contributed by atoms with Crippen LogP contribution < -0.4 is 10.2 Å². The quantitative estimate of drug-likeness (QED) is 0.587. The fourth-order valence-corrected chi connectivity index (χ4v) is 2.12. The van der Waals surface area contributed by atoms with Crippen molar-refractivity contribution in [3.8, 4) is 11.5 Å². The first-order valence-electron chi connectivity index (χ1n) is 5.71. The number of aromatic hydroxyl groups is 1. The maximum absolute atomic E-state index is 9.71. The van der Waals surface area contributed by atoms with E-state index in [1.807, 2.05) is 12.1 Å². The second-order valence-electron chi connectivity index (χ2n) is 3.93. The van der Waals surface area contributed by atoms with Gasteiger partial charge in [0.25, 0.3) is 0 Å². The van der Waals surface area contributed by atoms with Crippen LogP contribution in [0.2, 0.25) is 5.02 Å². The van der Waals surface area contributed by atoms with Crippen molar-refractivity contribution in [3.63, 3.8) is 0 Å². The number of benzene rings is 2. The molecule has 0 atom stereocenters. The molecular formula is C14H13BrCl2N2O2. The second kappa shape index (κ2) is 8.12. The molecule has 7 heteroatoms. The van der Waals surface area contributed by atoms with Gasteiger partial charge in [-0.3, -0.25) is 5.43 Å². The molecular weight excluding hydrogens is 379 g/mol. The van der Waals surface area contributed by atoms with Gasteiger partial charge in [0.15, 0.2) is 11.5 Å². The molecule has 0 radical (unpaired) electrons. The first-order chi connectivity index (χ1) is 9.60. The van der Waals surface area contributed by atoms with Crippen LogP contribution in [0.15, 0.2) is 46.0 Å². The monoisotopic (exact) mass is 390 g/mol. The van der Waals surface area contributed by atoms with Crippen LogP contribution in [0.3, 0.4) is 0 Å². The van der Waals surface area contributed by atoms with Crippen LogP contribution in [-0.2, 0) is 0 Å². The smallest absolute Gasteiger partial charge is 0.172 e. The fourth-order valence-electron chi connectivity index (χ4n) is 1.53. The molecule has 21 heavy (non-hydrogen) atoms. The second-order valence-corrected chi connectivity index (χ2v) is 5.22. The Balaban J connectivity index is 0.00000220. The fraction of sp³-hybridized carbons (Fsp3) is 0.0714. The van der Waals surface area contributed by atoms with Crippen LogP contribution in [0, 0.1) is 0 Å². The summed E-state index contributed by atoms with van der Waals surface area (Å²) in [5.74, 6) is 0.447. The number of halogens is 3. The molecule has 0 saturated carbocycles. The summed E-state index contributed by atoms with van der Waals surface area (Å²) in [4.78, 5) is 0. The Morgan fingerprint density at radius 2 is 1.95 bits per heavy atom. The highest BCUT2D eigenvalue weighted by atomic mass is 79.9. The van der Waals surface area contributed by atoms with Gasteiger partial charge in [0.05, 0.1) is 23.5 Å². The van der Waals surface area contributed by atoms with E-state index in [-0.39, 0.29) is 18.2 Å². The zero-order chi connectivity index (χ0) is 14.5. The summed E-state index contributed by atoms with van der Waals surface area (Å²) in [5, 5.41) is 14.5. The number of phenols is 1. The first-order valence-corrected chi connectivity index (χ1v) is 6.88. The average Bonchev–Trinajstić information content (AvgIpc) is 2.44. The third-order valence-electron chi connectivity index (χ3n) is 2.52. The molecule has 0 heterocycles. The summed E-state index contributed by atoms with van der Waals surface area (Å²) >= 11 is 9.05. The van der Waals surface area contributed by atoms with Crippen LogP contribution in [0.4, 0.5) is 5.69 Å². The molecule has 0 aliphatic carbocycles. The molecule has 0 bridgehead atoms. The number of nitrogens with one attached hydrogen (secondary N) is 1. The lowest BCUT2D eigenvalue weighted by molar-refractivity contribution is 0.372. The molecule has 2 aromatic rings. The topological polar surface area (TPSA) is 53.8 Å². The number of hydrogen-bond donors (Lipinski definition) is 2. The number of nitrogens with zero attached hydrogens (tertiary/aromatic N) is 1. The minimum Gasteiger partial charge on any atom is -0.503 e. The number of rotatable bonds is 4. The van der Waals surface area contributed by atoms with Crippen molar-refractivity contribution in [3.05, 3.63) is 51.5 Å². The van der Waals surface area contributed by atoms with E-state index in [9.17, 15) is 5.11 Å². The Kier molecular flexibility index (Phi) is 6.81. The molecule has 4 nitrogen and oxygen atoms in total. The number of hydrogen-bond acceptors (Lipinski definition) is 4. The minimum absolute atomic E-state index is 0. The number of methoxy groups -OCH3 is 1. The van der Waals surface area contributed by atoms with Crippen molar-refractivity contribution >= 4 is 51.8 Å². The van der Waals surface area contributed by atoms with Crippen LogP contribution in [0.5, 0.6) is 11.5 Å². The van der Waals surface area contributed by atoms with Crippen molar-refractivity contribution in [2.75, 3.05) is 12.5 Å². The highest BCUT2D eigenvalue weighted by molar-refractivity contribution is 9.10. The molecule has 2 aromatic carbocycles. The Hall–Kier alpha value is -1.43. The van der Waals surface area contributed by atoms with E-state index in [0.29, 0.717) is 15.2 Å². The number of phenolic OH excluding ortho intramolecular Hbond substituents is 1. The van der Waals surface area contributed by atoms with Gasteiger partial charge in [-0.25, -0.2) is 0 Å². The molecule has 0 saturated heterocycles. The van der Waals surface area contributed by atoms with Gasteiger partial charge < -0.3 is 9.84 Å². The standard InChI is InChI=1S/C14H12BrClN2O2.ClH/c1-20-13-7-9(6-12(15)14(13)19)8-17-18-11-4-2-10(16)3-5-11;/h2-8,18-19H,1H3;1H/b17-8+;. The summed E-state index contributed by atoms with van der Waals surface area (Å²) in [5.41, 5.74) is 4.50. The molecule has 0 spiro atoms. The highest BCUT2D eigenvalue weighted by Gasteiger charge is 2.07. The van der Waals surface area contributed by atoms with Gasteiger partial charge >= 0.3 is 0 Å². The minimum atomic E-state index is 0. The molecule has 0 aliphatic heterocycles. The molecule has 0 amide bonds. The zero-order valence-corrected chi connectivity index (χ0v) is 14.2. The van der Waals surface area contributed by atoms with E-state index < -0.39 is 0 Å².